The number of carbonyl (C=O) groups excluding carboxylic acids is 1. The molecule has 0 saturated heterocycles. The Morgan fingerprint density at radius 2 is 1.86 bits per heavy atom. The molecule has 2 rings (SSSR count). The molecule has 1 aliphatic rings. The Kier molecular flexibility index (Phi) is 5.12. The number of benzene rings is 1. The lowest BCUT2D eigenvalue weighted by Crippen LogP contribution is -2.53. The fourth-order valence-corrected chi connectivity index (χ4v) is 2.86. The van der Waals surface area contributed by atoms with Crippen LogP contribution in [0, 0.1) is 6.92 Å². The Labute approximate surface area is 133 Å². The fourth-order valence-electron chi connectivity index (χ4n) is 2.86. The van der Waals surface area contributed by atoms with Crippen molar-refractivity contribution in [3.63, 3.8) is 0 Å². The van der Waals surface area contributed by atoms with Crippen LogP contribution in [0.2, 0.25) is 0 Å². The largest absolute Gasteiger partial charge is 0.444 e. The standard InChI is InChI=1S/C18H28N2O2/c1-12-8-6-7-9-16(12)13(2)19-14-10-15(11-14)20-17(21)22-18(3,4)5/h6-9,13-15,19H,10-11H2,1-5H3,(H,20,21)/t13-,14?,15?/m0/s1. The first kappa shape index (κ1) is 16.8. The molecule has 122 valence electrons. The number of rotatable bonds is 4. The van der Waals surface area contributed by atoms with Crippen LogP contribution in [0.15, 0.2) is 24.3 Å². The Morgan fingerprint density at radius 3 is 2.45 bits per heavy atom. The van der Waals surface area contributed by atoms with Crippen LogP contribution in [0.3, 0.4) is 0 Å². The van der Waals surface area contributed by atoms with E-state index in [1.165, 1.54) is 11.1 Å². The number of aryl methyl sites for hydroxylation is 1. The van der Waals surface area contributed by atoms with Gasteiger partial charge in [0.05, 0.1) is 0 Å². The molecule has 1 fully saturated rings. The van der Waals surface area contributed by atoms with E-state index in [1.807, 2.05) is 20.8 Å². The van der Waals surface area contributed by atoms with Gasteiger partial charge >= 0.3 is 6.09 Å². The van der Waals surface area contributed by atoms with Gasteiger partial charge in [-0.3, -0.25) is 0 Å². The zero-order valence-electron chi connectivity index (χ0n) is 14.3. The van der Waals surface area contributed by atoms with Gasteiger partial charge in [0.2, 0.25) is 0 Å². The SMILES string of the molecule is Cc1ccccc1[C@H](C)NC1CC(NC(=O)OC(C)(C)C)C1. The van der Waals surface area contributed by atoms with Crippen molar-refractivity contribution in [3.8, 4) is 0 Å². The van der Waals surface area contributed by atoms with Crippen LogP contribution in [0.25, 0.3) is 0 Å². The second kappa shape index (κ2) is 6.69. The summed E-state index contributed by atoms with van der Waals surface area (Å²) in [6.45, 7) is 9.96. The topological polar surface area (TPSA) is 50.4 Å². The van der Waals surface area contributed by atoms with Crippen LogP contribution >= 0.6 is 0 Å². The fraction of sp³-hybridized carbons (Fsp3) is 0.611. The molecule has 4 nitrogen and oxygen atoms in total. The van der Waals surface area contributed by atoms with Crippen LogP contribution < -0.4 is 10.6 Å². The van der Waals surface area contributed by atoms with E-state index in [4.69, 9.17) is 4.74 Å². The molecule has 22 heavy (non-hydrogen) atoms. The number of carbonyl (C=O) groups is 1. The average Bonchev–Trinajstić information content (AvgIpc) is 2.34. The van der Waals surface area contributed by atoms with E-state index < -0.39 is 5.60 Å². The highest BCUT2D eigenvalue weighted by Gasteiger charge is 2.32. The van der Waals surface area contributed by atoms with Gasteiger partial charge in [0.1, 0.15) is 5.60 Å². The van der Waals surface area contributed by atoms with E-state index in [9.17, 15) is 4.79 Å². The van der Waals surface area contributed by atoms with Crippen LogP contribution in [-0.2, 0) is 4.74 Å². The van der Waals surface area contributed by atoms with Crippen LogP contribution in [0.1, 0.15) is 57.7 Å². The highest BCUT2D eigenvalue weighted by molar-refractivity contribution is 5.68. The molecular formula is C18H28N2O2. The minimum absolute atomic E-state index is 0.219. The summed E-state index contributed by atoms with van der Waals surface area (Å²) in [7, 11) is 0. The van der Waals surface area contributed by atoms with E-state index in [2.05, 4.69) is 48.7 Å². The highest BCUT2D eigenvalue weighted by Crippen LogP contribution is 2.25. The summed E-state index contributed by atoms with van der Waals surface area (Å²) < 4.78 is 5.28. The molecule has 0 radical (unpaired) electrons. The van der Waals surface area contributed by atoms with Crippen molar-refractivity contribution >= 4 is 6.09 Å². The van der Waals surface area contributed by atoms with Crippen molar-refractivity contribution < 1.29 is 9.53 Å². The smallest absolute Gasteiger partial charge is 0.407 e. The van der Waals surface area contributed by atoms with Gasteiger partial charge in [-0.1, -0.05) is 24.3 Å². The highest BCUT2D eigenvalue weighted by atomic mass is 16.6. The quantitative estimate of drug-likeness (QED) is 0.891. The molecule has 2 N–H and O–H groups in total. The summed E-state index contributed by atoms with van der Waals surface area (Å²) in [6, 6.07) is 9.45. The lowest BCUT2D eigenvalue weighted by molar-refractivity contribution is 0.0463. The second-order valence-corrected chi connectivity index (χ2v) is 7.26. The predicted octanol–water partition coefficient (Wildman–Crippen LogP) is 3.70. The van der Waals surface area contributed by atoms with Crippen molar-refractivity contribution in [2.45, 2.75) is 71.2 Å². The molecule has 0 aromatic heterocycles. The number of hydrogen-bond donors (Lipinski definition) is 2. The monoisotopic (exact) mass is 304 g/mol. The van der Waals surface area contributed by atoms with Crippen molar-refractivity contribution in [1.82, 2.24) is 10.6 Å². The van der Waals surface area contributed by atoms with Gasteiger partial charge in [0.15, 0.2) is 0 Å². The summed E-state index contributed by atoms with van der Waals surface area (Å²) in [5, 5.41) is 6.56. The zero-order valence-corrected chi connectivity index (χ0v) is 14.3. The molecule has 1 aromatic carbocycles. The first-order valence-corrected chi connectivity index (χ1v) is 8.05. The molecule has 0 spiro atoms. The van der Waals surface area contributed by atoms with Gasteiger partial charge in [0.25, 0.3) is 0 Å². The Balaban J connectivity index is 1.73. The molecule has 1 aliphatic carbocycles. The summed E-state index contributed by atoms with van der Waals surface area (Å²) in [4.78, 5) is 11.7. The molecule has 0 aliphatic heterocycles. The summed E-state index contributed by atoms with van der Waals surface area (Å²) in [5.74, 6) is 0. The number of alkyl carbamates (subject to hydrolysis) is 1. The third kappa shape index (κ3) is 4.73. The van der Waals surface area contributed by atoms with Crippen LogP contribution in [0.4, 0.5) is 4.79 Å². The summed E-state index contributed by atoms with van der Waals surface area (Å²) in [5.41, 5.74) is 2.21. The molecule has 4 heteroatoms. The van der Waals surface area contributed by atoms with Gasteiger partial charge in [-0.25, -0.2) is 4.79 Å². The van der Waals surface area contributed by atoms with Crippen molar-refractivity contribution in [2.75, 3.05) is 0 Å². The number of amides is 1. The maximum absolute atomic E-state index is 11.7. The Hall–Kier alpha value is -1.55. The summed E-state index contributed by atoms with van der Waals surface area (Å²) in [6.07, 6.45) is 1.59. The summed E-state index contributed by atoms with van der Waals surface area (Å²) >= 11 is 0. The number of hydrogen-bond acceptors (Lipinski definition) is 3. The van der Waals surface area contributed by atoms with Crippen LogP contribution in [-0.4, -0.2) is 23.8 Å². The molecule has 1 atom stereocenters. The van der Waals surface area contributed by atoms with E-state index in [0.717, 1.165) is 12.8 Å². The van der Waals surface area contributed by atoms with Gasteiger partial charge in [-0.15, -0.1) is 0 Å². The average molecular weight is 304 g/mol. The van der Waals surface area contributed by atoms with Crippen molar-refractivity contribution in [2.24, 2.45) is 0 Å². The van der Waals surface area contributed by atoms with Crippen molar-refractivity contribution in [1.29, 1.82) is 0 Å². The molecular weight excluding hydrogens is 276 g/mol. The zero-order chi connectivity index (χ0) is 16.3. The Morgan fingerprint density at radius 1 is 1.23 bits per heavy atom. The minimum Gasteiger partial charge on any atom is -0.444 e. The second-order valence-electron chi connectivity index (χ2n) is 7.26. The minimum atomic E-state index is -0.440. The van der Waals surface area contributed by atoms with Crippen LogP contribution in [0.5, 0.6) is 0 Å². The van der Waals surface area contributed by atoms with Gasteiger partial charge < -0.3 is 15.4 Å². The number of ether oxygens (including phenoxy) is 1. The van der Waals surface area contributed by atoms with Crippen molar-refractivity contribution in [3.05, 3.63) is 35.4 Å². The third-order valence-electron chi connectivity index (χ3n) is 4.00. The van der Waals surface area contributed by atoms with Gasteiger partial charge in [0, 0.05) is 18.1 Å². The first-order valence-electron chi connectivity index (χ1n) is 8.05. The molecule has 0 unspecified atom stereocenters. The number of nitrogens with one attached hydrogen (secondary N) is 2. The molecule has 1 aromatic rings. The molecule has 1 amide bonds. The molecule has 1 saturated carbocycles. The van der Waals surface area contributed by atoms with E-state index >= 15 is 0 Å². The van der Waals surface area contributed by atoms with E-state index in [1.54, 1.807) is 0 Å². The maximum atomic E-state index is 11.7. The normalized spacial score (nSPS) is 22.6. The molecule has 0 bridgehead atoms. The lowest BCUT2D eigenvalue weighted by Gasteiger charge is -2.38. The third-order valence-corrected chi connectivity index (χ3v) is 4.00. The Bertz CT molecular complexity index is 516. The lowest BCUT2D eigenvalue weighted by atomic mass is 9.85. The van der Waals surface area contributed by atoms with Gasteiger partial charge in [-0.05, 0) is 58.6 Å². The first-order chi connectivity index (χ1) is 10.2. The van der Waals surface area contributed by atoms with E-state index in [-0.39, 0.29) is 12.1 Å². The predicted molar refractivity (Wildman–Crippen MR) is 88.9 cm³/mol. The maximum Gasteiger partial charge on any atom is 0.407 e. The van der Waals surface area contributed by atoms with Gasteiger partial charge in [-0.2, -0.15) is 0 Å². The van der Waals surface area contributed by atoms with E-state index in [0.29, 0.717) is 12.1 Å². The molecule has 0 heterocycles.